The first-order valence-corrected chi connectivity index (χ1v) is 5.41. The number of pyridine rings is 1. The monoisotopic (exact) mass is 208 g/mol. The maximum Gasteiger partial charge on any atom is 0.137 e. The third kappa shape index (κ3) is 1.50. The highest BCUT2D eigenvalue weighted by Crippen LogP contribution is 2.15. The summed E-state index contributed by atoms with van der Waals surface area (Å²) in [4.78, 5) is 4.48. The van der Waals surface area contributed by atoms with Gasteiger partial charge < -0.3 is 4.40 Å². The van der Waals surface area contributed by atoms with Crippen molar-refractivity contribution >= 4 is 17.2 Å². The second-order valence-corrected chi connectivity index (χ2v) is 3.58. The van der Waals surface area contributed by atoms with Gasteiger partial charge in [0.15, 0.2) is 0 Å². The summed E-state index contributed by atoms with van der Waals surface area (Å²) < 4.78 is 2.13. The largest absolute Gasteiger partial charge is 0.304 e. The molecule has 2 nitrogen and oxygen atoms in total. The molecule has 0 saturated carbocycles. The van der Waals surface area contributed by atoms with Gasteiger partial charge in [-0.2, -0.15) is 0 Å². The number of imidazole rings is 1. The number of alkyl halides is 1. The van der Waals surface area contributed by atoms with Gasteiger partial charge in [-0.05, 0) is 18.6 Å². The van der Waals surface area contributed by atoms with Crippen LogP contribution >= 0.6 is 11.6 Å². The summed E-state index contributed by atoms with van der Waals surface area (Å²) in [5.74, 6) is 0.497. The zero-order valence-electron chi connectivity index (χ0n) is 8.20. The second-order valence-electron chi connectivity index (χ2n) is 3.32. The van der Waals surface area contributed by atoms with Gasteiger partial charge in [-0.15, -0.1) is 11.6 Å². The van der Waals surface area contributed by atoms with Crippen LogP contribution < -0.4 is 0 Å². The van der Waals surface area contributed by atoms with E-state index in [4.69, 9.17) is 11.6 Å². The molecule has 2 heterocycles. The van der Waals surface area contributed by atoms with Gasteiger partial charge in [0.2, 0.25) is 0 Å². The fourth-order valence-corrected chi connectivity index (χ4v) is 1.92. The minimum Gasteiger partial charge on any atom is -0.304 e. The van der Waals surface area contributed by atoms with Crippen LogP contribution in [0.1, 0.15) is 24.7 Å². The zero-order valence-corrected chi connectivity index (χ0v) is 8.96. The Morgan fingerprint density at radius 2 is 2.29 bits per heavy atom. The second kappa shape index (κ2) is 4.01. The molecule has 2 aromatic heterocycles. The van der Waals surface area contributed by atoms with Gasteiger partial charge in [0.05, 0.1) is 11.6 Å². The number of aromatic nitrogens is 2. The van der Waals surface area contributed by atoms with Crippen LogP contribution in [0.15, 0.2) is 24.4 Å². The molecule has 0 amide bonds. The Kier molecular flexibility index (Phi) is 2.73. The number of rotatable bonds is 3. The molecule has 0 N–H and O–H groups in total. The number of hydrogen-bond donors (Lipinski definition) is 0. The fourth-order valence-electron chi connectivity index (χ4n) is 1.70. The van der Waals surface area contributed by atoms with Crippen molar-refractivity contribution in [1.29, 1.82) is 0 Å². The maximum absolute atomic E-state index is 5.86. The minimum absolute atomic E-state index is 0.497. The lowest BCUT2D eigenvalue weighted by Crippen LogP contribution is -1.94. The van der Waals surface area contributed by atoms with Crippen LogP contribution in [-0.2, 0) is 12.3 Å². The predicted octanol–water partition coefficient (Wildman–Crippen LogP) is 3.03. The molecule has 74 valence electrons. The highest BCUT2D eigenvalue weighted by atomic mass is 35.5. The molecule has 0 aliphatic carbocycles. The molecule has 0 fully saturated rings. The molecule has 0 radical (unpaired) electrons. The molecule has 0 aliphatic rings. The first-order chi connectivity index (χ1) is 6.86. The van der Waals surface area contributed by atoms with Gasteiger partial charge in [0.1, 0.15) is 5.65 Å². The molecule has 0 aromatic carbocycles. The Labute approximate surface area is 88.5 Å². The van der Waals surface area contributed by atoms with Crippen molar-refractivity contribution in [1.82, 2.24) is 9.38 Å². The van der Waals surface area contributed by atoms with E-state index in [9.17, 15) is 0 Å². The molecular formula is C11H13ClN2. The standard InChI is InChI=1S/C11H13ClN2/c1-2-5-10-9(8-12)13-11-6-3-4-7-14(10)11/h3-4,6-7H,2,5,8H2,1H3. The highest BCUT2D eigenvalue weighted by molar-refractivity contribution is 6.17. The van der Waals surface area contributed by atoms with Gasteiger partial charge >= 0.3 is 0 Å². The van der Waals surface area contributed by atoms with E-state index in [2.05, 4.69) is 16.3 Å². The summed E-state index contributed by atoms with van der Waals surface area (Å²) in [7, 11) is 0. The van der Waals surface area contributed by atoms with E-state index < -0.39 is 0 Å². The van der Waals surface area contributed by atoms with Crippen molar-refractivity contribution in [2.24, 2.45) is 0 Å². The smallest absolute Gasteiger partial charge is 0.137 e. The Bertz CT molecular complexity index is 434. The molecule has 0 spiro atoms. The van der Waals surface area contributed by atoms with Crippen LogP contribution in [0, 0.1) is 0 Å². The van der Waals surface area contributed by atoms with E-state index in [1.54, 1.807) is 0 Å². The molecule has 0 unspecified atom stereocenters. The van der Waals surface area contributed by atoms with Crippen LogP contribution in [-0.4, -0.2) is 9.38 Å². The summed E-state index contributed by atoms with van der Waals surface area (Å²) >= 11 is 5.86. The quantitative estimate of drug-likeness (QED) is 0.709. The van der Waals surface area contributed by atoms with Gasteiger partial charge in [0.25, 0.3) is 0 Å². The SMILES string of the molecule is CCCc1c(CCl)nc2ccccn12. The van der Waals surface area contributed by atoms with E-state index in [0.717, 1.165) is 24.2 Å². The average molecular weight is 209 g/mol. The number of hydrogen-bond acceptors (Lipinski definition) is 1. The van der Waals surface area contributed by atoms with Gasteiger partial charge in [-0.25, -0.2) is 4.98 Å². The third-order valence-corrected chi connectivity index (χ3v) is 2.58. The van der Waals surface area contributed by atoms with Crippen molar-refractivity contribution < 1.29 is 0 Å². The number of halogens is 1. The Morgan fingerprint density at radius 1 is 1.43 bits per heavy atom. The van der Waals surface area contributed by atoms with Crippen molar-refractivity contribution in [3.05, 3.63) is 35.8 Å². The molecule has 3 heteroatoms. The molecular weight excluding hydrogens is 196 g/mol. The molecule has 0 atom stereocenters. The molecule has 14 heavy (non-hydrogen) atoms. The van der Waals surface area contributed by atoms with E-state index in [0.29, 0.717) is 5.88 Å². The molecule has 2 rings (SSSR count). The molecule has 2 aromatic rings. The van der Waals surface area contributed by atoms with Crippen LogP contribution in [0.2, 0.25) is 0 Å². The summed E-state index contributed by atoms with van der Waals surface area (Å²) in [6.45, 7) is 2.17. The lowest BCUT2D eigenvalue weighted by molar-refractivity contribution is 0.856. The topological polar surface area (TPSA) is 17.3 Å². The first-order valence-electron chi connectivity index (χ1n) is 4.87. The van der Waals surface area contributed by atoms with Crippen molar-refractivity contribution in [2.75, 3.05) is 0 Å². The third-order valence-electron chi connectivity index (χ3n) is 2.33. The maximum atomic E-state index is 5.86. The van der Waals surface area contributed by atoms with E-state index in [1.807, 2.05) is 24.4 Å². The normalized spacial score (nSPS) is 11.0. The average Bonchev–Trinajstić information content (AvgIpc) is 2.58. The Morgan fingerprint density at radius 3 is 3.00 bits per heavy atom. The lowest BCUT2D eigenvalue weighted by Gasteiger charge is -2.00. The van der Waals surface area contributed by atoms with Gasteiger partial charge in [-0.3, -0.25) is 0 Å². The Hall–Kier alpha value is -1.02. The number of fused-ring (bicyclic) bond motifs is 1. The van der Waals surface area contributed by atoms with Crippen LogP contribution in [0.25, 0.3) is 5.65 Å². The zero-order chi connectivity index (χ0) is 9.97. The highest BCUT2D eigenvalue weighted by Gasteiger charge is 2.08. The summed E-state index contributed by atoms with van der Waals surface area (Å²) in [5.41, 5.74) is 3.25. The Balaban J connectivity index is 2.61. The summed E-state index contributed by atoms with van der Waals surface area (Å²) in [5, 5.41) is 0. The van der Waals surface area contributed by atoms with Crippen LogP contribution in [0.3, 0.4) is 0 Å². The lowest BCUT2D eigenvalue weighted by atomic mass is 10.2. The van der Waals surface area contributed by atoms with E-state index >= 15 is 0 Å². The van der Waals surface area contributed by atoms with Gasteiger partial charge in [0, 0.05) is 11.9 Å². The predicted molar refractivity (Wildman–Crippen MR) is 58.7 cm³/mol. The molecule has 0 bridgehead atoms. The number of aryl methyl sites for hydroxylation is 1. The van der Waals surface area contributed by atoms with Crippen molar-refractivity contribution in [3.63, 3.8) is 0 Å². The molecule has 0 saturated heterocycles. The van der Waals surface area contributed by atoms with Crippen LogP contribution in [0.4, 0.5) is 0 Å². The van der Waals surface area contributed by atoms with Crippen molar-refractivity contribution in [2.45, 2.75) is 25.6 Å². The molecule has 0 aliphatic heterocycles. The number of nitrogens with zero attached hydrogens (tertiary/aromatic N) is 2. The summed E-state index contributed by atoms with van der Waals surface area (Å²) in [6, 6.07) is 6.02. The first kappa shape index (κ1) is 9.53. The van der Waals surface area contributed by atoms with Crippen LogP contribution in [0.5, 0.6) is 0 Å². The van der Waals surface area contributed by atoms with E-state index in [-0.39, 0.29) is 0 Å². The van der Waals surface area contributed by atoms with Gasteiger partial charge in [-0.1, -0.05) is 19.4 Å². The van der Waals surface area contributed by atoms with Crippen molar-refractivity contribution in [3.8, 4) is 0 Å². The van der Waals surface area contributed by atoms with E-state index in [1.165, 1.54) is 5.69 Å². The fraction of sp³-hybridized carbons (Fsp3) is 0.364. The minimum atomic E-state index is 0.497. The summed E-state index contributed by atoms with van der Waals surface area (Å²) in [6.07, 6.45) is 4.20.